The third-order valence-corrected chi connectivity index (χ3v) is 2.06. The Bertz CT molecular complexity index is 372. The van der Waals surface area contributed by atoms with Crippen LogP contribution in [0.2, 0.25) is 10.0 Å². The summed E-state index contributed by atoms with van der Waals surface area (Å²) >= 11 is 11.4. The SMILES string of the molecule is C=C(C(=O)O)c1ccc(Cl)cc1Cl. The molecule has 0 saturated carbocycles. The Kier molecular flexibility index (Phi) is 2.96. The van der Waals surface area contributed by atoms with Gasteiger partial charge in [0.05, 0.1) is 10.6 Å². The van der Waals surface area contributed by atoms with E-state index < -0.39 is 5.97 Å². The van der Waals surface area contributed by atoms with Gasteiger partial charge < -0.3 is 5.11 Å². The molecule has 0 aromatic heterocycles. The molecule has 13 heavy (non-hydrogen) atoms. The van der Waals surface area contributed by atoms with Crippen molar-refractivity contribution >= 4 is 34.7 Å². The van der Waals surface area contributed by atoms with Gasteiger partial charge in [0.15, 0.2) is 0 Å². The molecule has 0 aliphatic carbocycles. The number of rotatable bonds is 2. The summed E-state index contributed by atoms with van der Waals surface area (Å²) in [5.74, 6) is -1.09. The number of carboxylic acid groups (broad SMARTS) is 1. The van der Waals surface area contributed by atoms with E-state index in [2.05, 4.69) is 6.58 Å². The molecule has 1 rings (SSSR count). The molecule has 0 atom stereocenters. The van der Waals surface area contributed by atoms with Crippen LogP contribution in [0.1, 0.15) is 5.56 Å². The van der Waals surface area contributed by atoms with Crippen LogP contribution in [0, 0.1) is 0 Å². The summed E-state index contributed by atoms with van der Waals surface area (Å²) in [6, 6.07) is 4.57. The van der Waals surface area contributed by atoms with Gasteiger partial charge in [-0.05, 0) is 12.1 Å². The average Bonchev–Trinajstić information content (AvgIpc) is 2.03. The minimum atomic E-state index is -1.09. The monoisotopic (exact) mass is 216 g/mol. The van der Waals surface area contributed by atoms with Crippen LogP contribution in [0.3, 0.4) is 0 Å². The highest BCUT2D eigenvalue weighted by Crippen LogP contribution is 2.25. The van der Waals surface area contributed by atoms with Crippen molar-refractivity contribution in [3.8, 4) is 0 Å². The van der Waals surface area contributed by atoms with Crippen molar-refractivity contribution in [2.24, 2.45) is 0 Å². The molecule has 0 radical (unpaired) electrons. The van der Waals surface area contributed by atoms with E-state index in [4.69, 9.17) is 28.3 Å². The number of halogens is 2. The minimum Gasteiger partial charge on any atom is -0.478 e. The van der Waals surface area contributed by atoms with Crippen LogP contribution in [0.25, 0.3) is 5.57 Å². The number of hydrogen-bond donors (Lipinski definition) is 1. The highest BCUT2D eigenvalue weighted by Gasteiger charge is 2.10. The maximum absolute atomic E-state index is 10.5. The molecule has 2 nitrogen and oxygen atoms in total. The van der Waals surface area contributed by atoms with E-state index in [1.165, 1.54) is 12.1 Å². The van der Waals surface area contributed by atoms with Crippen LogP contribution in [-0.2, 0) is 4.79 Å². The van der Waals surface area contributed by atoms with Crippen molar-refractivity contribution in [1.29, 1.82) is 0 Å². The lowest BCUT2D eigenvalue weighted by Gasteiger charge is -2.03. The second-order valence-corrected chi connectivity index (χ2v) is 3.25. The highest BCUT2D eigenvalue weighted by molar-refractivity contribution is 6.37. The Morgan fingerprint density at radius 2 is 2.00 bits per heavy atom. The molecule has 0 aliphatic heterocycles. The fourth-order valence-electron chi connectivity index (χ4n) is 0.849. The van der Waals surface area contributed by atoms with Crippen molar-refractivity contribution in [1.82, 2.24) is 0 Å². The quantitative estimate of drug-likeness (QED) is 0.772. The summed E-state index contributed by atoms with van der Waals surface area (Å²) in [7, 11) is 0. The van der Waals surface area contributed by atoms with Crippen molar-refractivity contribution in [2.45, 2.75) is 0 Å². The molecule has 1 aromatic carbocycles. The van der Waals surface area contributed by atoms with Gasteiger partial charge in [0, 0.05) is 10.6 Å². The minimum absolute atomic E-state index is 0.0401. The predicted octanol–water partition coefficient (Wildman–Crippen LogP) is 3.09. The van der Waals surface area contributed by atoms with Gasteiger partial charge in [-0.1, -0.05) is 35.8 Å². The standard InChI is InChI=1S/C9H6Cl2O2/c1-5(9(12)13)7-3-2-6(10)4-8(7)11/h2-4H,1H2,(H,12,13). The molecule has 0 amide bonds. The fraction of sp³-hybridized carbons (Fsp3) is 0. The lowest BCUT2D eigenvalue weighted by molar-refractivity contribution is -0.130. The zero-order valence-corrected chi connectivity index (χ0v) is 8.06. The summed E-state index contributed by atoms with van der Waals surface area (Å²) in [6.07, 6.45) is 0. The topological polar surface area (TPSA) is 37.3 Å². The van der Waals surface area contributed by atoms with Gasteiger partial charge in [0.25, 0.3) is 0 Å². The maximum Gasteiger partial charge on any atom is 0.335 e. The highest BCUT2D eigenvalue weighted by atomic mass is 35.5. The van der Waals surface area contributed by atoms with Crippen molar-refractivity contribution in [2.75, 3.05) is 0 Å². The van der Waals surface area contributed by atoms with E-state index in [0.717, 1.165) is 0 Å². The summed E-state index contributed by atoms with van der Waals surface area (Å²) in [5.41, 5.74) is 0.347. The lowest BCUT2D eigenvalue weighted by Crippen LogP contribution is -1.98. The smallest absolute Gasteiger partial charge is 0.335 e. The first-order chi connectivity index (χ1) is 6.02. The van der Waals surface area contributed by atoms with Crippen LogP contribution in [-0.4, -0.2) is 11.1 Å². The molecule has 0 saturated heterocycles. The predicted molar refractivity (Wildman–Crippen MR) is 53.1 cm³/mol. The fourth-order valence-corrected chi connectivity index (χ4v) is 1.37. The van der Waals surface area contributed by atoms with E-state index in [-0.39, 0.29) is 5.57 Å². The number of hydrogen-bond acceptors (Lipinski definition) is 1. The molecule has 4 heteroatoms. The molecular weight excluding hydrogens is 211 g/mol. The Labute approximate surface area is 85.4 Å². The summed E-state index contributed by atoms with van der Waals surface area (Å²) < 4.78 is 0. The number of benzene rings is 1. The Morgan fingerprint density at radius 3 is 2.46 bits per heavy atom. The second-order valence-electron chi connectivity index (χ2n) is 2.41. The van der Waals surface area contributed by atoms with E-state index in [9.17, 15) is 4.79 Å². The average molecular weight is 217 g/mol. The molecule has 0 spiro atoms. The van der Waals surface area contributed by atoms with Gasteiger partial charge in [-0.3, -0.25) is 0 Å². The van der Waals surface area contributed by atoms with Crippen LogP contribution >= 0.6 is 23.2 Å². The Hall–Kier alpha value is -0.990. The largest absolute Gasteiger partial charge is 0.478 e. The zero-order chi connectivity index (χ0) is 10.0. The van der Waals surface area contributed by atoms with Crippen molar-refractivity contribution in [3.63, 3.8) is 0 Å². The van der Waals surface area contributed by atoms with Crippen molar-refractivity contribution < 1.29 is 9.90 Å². The third-order valence-electron chi connectivity index (χ3n) is 1.51. The molecule has 0 fully saturated rings. The van der Waals surface area contributed by atoms with E-state index in [1.54, 1.807) is 6.07 Å². The summed E-state index contributed by atoms with van der Waals surface area (Å²) in [4.78, 5) is 10.5. The second kappa shape index (κ2) is 3.81. The molecule has 1 aromatic rings. The molecule has 0 aliphatic rings. The molecule has 0 unspecified atom stereocenters. The van der Waals surface area contributed by atoms with Crippen LogP contribution in [0.4, 0.5) is 0 Å². The molecule has 68 valence electrons. The van der Waals surface area contributed by atoms with Gasteiger partial charge in [-0.25, -0.2) is 4.79 Å². The Balaban J connectivity index is 3.16. The summed E-state index contributed by atoms with van der Waals surface area (Å²) in [6.45, 7) is 3.39. The first-order valence-corrected chi connectivity index (χ1v) is 4.15. The molecule has 0 heterocycles. The number of aliphatic carboxylic acids is 1. The number of carboxylic acids is 1. The van der Waals surface area contributed by atoms with Gasteiger partial charge in [0.2, 0.25) is 0 Å². The molecule has 0 bridgehead atoms. The van der Waals surface area contributed by atoms with Crippen LogP contribution in [0.5, 0.6) is 0 Å². The molecular formula is C9H6Cl2O2. The van der Waals surface area contributed by atoms with E-state index >= 15 is 0 Å². The summed E-state index contributed by atoms with van der Waals surface area (Å²) in [5, 5.41) is 9.39. The number of carbonyl (C=O) groups is 1. The van der Waals surface area contributed by atoms with Gasteiger partial charge in [-0.15, -0.1) is 0 Å². The molecule has 1 N–H and O–H groups in total. The maximum atomic E-state index is 10.5. The van der Waals surface area contributed by atoms with E-state index in [0.29, 0.717) is 15.6 Å². The normalized spacial score (nSPS) is 9.69. The first kappa shape index (κ1) is 10.1. The van der Waals surface area contributed by atoms with E-state index in [1.807, 2.05) is 0 Å². The van der Waals surface area contributed by atoms with Gasteiger partial charge in [0.1, 0.15) is 0 Å². The van der Waals surface area contributed by atoms with Crippen molar-refractivity contribution in [3.05, 3.63) is 40.4 Å². The Morgan fingerprint density at radius 1 is 1.38 bits per heavy atom. The third kappa shape index (κ3) is 2.23. The first-order valence-electron chi connectivity index (χ1n) is 3.40. The zero-order valence-electron chi connectivity index (χ0n) is 6.55. The van der Waals surface area contributed by atoms with Crippen LogP contribution in [0.15, 0.2) is 24.8 Å². The van der Waals surface area contributed by atoms with Gasteiger partial charge in [-0.2, -0.15) is 0 Å². The van der Waals surface area contributed by atoms with Crippen LogP contribution < -0.4 is 0 Å². The van der Waals surface area contributed by atoms with Gasteiger partial charge >= 0.3 is 5.97 Å². The lowest BCUT2D eigenvalue weighted by atomic mass is 10.1.